The van der Waals surface area contributed by atoms with Crippen LogP contribution in [0.4, 0.5) is 5.69 Å². The van der Waals surface area contributed by atoms with Crippen LogP contribution in [0.5, 0.6) is 11.5 Å². The summed E-state index contributed by atoms with van der Waals surface area (Å²) in [4.78, 5) is 23.2. The highest BCUT2D eigenvalue weighted by Crippen LogP contribution is 2.16. The quantitative estimate of drug-likeness (QED) is 0.504. The van der Waals surface area contributed by atoms with Gasteiger partial charge in [-0.05, 0) is 61.9 Å². The van der Waals surface area contributed by atoms with Gasteiger partial charge in [0.25, 0.3) is 0 Å². The summed E-state index contributed by atoms with van der Waals surface area (Å²) in [5, 5.41) is 2.83. The molecule has 26 heavy (non-hydrogen) atoms. The third-order valence-electron chi connectivity index (χ3n) is 3.60. The van der Waals surface area contributed by atoms with Gasteiger partial charge in [-0.15, -0.1) is 0 Å². The summed E-state index contributed by atoms with van der Waals surface area (Å²) in [6.45, 7) is 2.87. The summed E-state index contributed by atoms with van der Waals surface area (Å²) in [5.41, 5.74) is 6.75. The van der Waals surface area contributed by atoms with Gasteiger partial charge in [0.05, 0.1) is 6.61 Å². The lowest BCUT2D eigenvalue weighted by molar-refractivity contribution is -0.116. The Labute approximate surface area is 153 Å². The molecule has 0 aliphatic carbocycles. The highest BCUT2D eigenvalue weighted by atomic mass is 16.5. The third-order valence-corrected chi connectivity index (χ3v) is 3.60. The zero-order chi connectivity index (χ0) is 18.8. The topological polar surface area (TPSA) is 90.7 Å². The number of carbonyl (C=O) groups is 2. The summed E-state index contributed by atoms with van der Waals surface area (Å²) < 4.78 is 11.0. The predicted octanol–water partition coefficient (Wildman–Crippen LogP) is 3.02. The van der Waals surface area contributed by atoms with Gasteiger partial charge in [-0.3, -0.25) is 9.59 Å². The molecule has 0 atom stereocenters. The van der Waals surface area contributed by atoms with E-state index in [1.807, 2.05) is 0 Å². The van der Waals surface area contributed by atoms with Gasteiger partial charge < -0.3 is 20.5 Å². The minimum absolute atomic E-state index is 0.0206. The SMILES string of the molecule is CC(=O)c1ccc(OCCCC(=O)Nc2ccc(OCCN)cc2)cc1. The number of ketones is 1. The number of nitrogens with two attached hydrogens (primary N) is 1. The molecule has 0 aliphatic heterocycles. The largest absolute Gasteiger partial charge is 0.494 e. The highest BCUT2D eigenvalue weighted by Gasteiger charge is 2.04. The minimum Gasteiger partial charge on any atom is -0.494 e. The van der Waals surface area contributed by atoms with E-state index in [9.17, 15) is 9.59 Å². The molecule has 0 heterocycles. The number of benzene rings is 2. The number of nitrogens with one attached hydrogen (secondary N) is 1. The molecule has 0 saturated heterocycles. The lowest BCUT2D eigenvalue weighted by Crippen LogP contribution is -2.13. The van der Waals surface area contributed by atoms with E-state index in [1.165, 1.54) is 6.92 Å². The normalized spacial score (nSPS) is 10.2. The molecule has 138 valence electrons. The van der Waals surface area contributed by atoms with Crippen LogP contribution in [0.2, 0.25) is 0 Å². The van der Waals surface area contributed by atoms with E-state index in [2.05, 4.69) is 5.32 Å². The second kappa shape index (κ2) is 10.2. The number of amides is 1. The third kappa shape index (κ3) is 6.57. The van der Waals surface area contributed by atoms with Gasteiger partial charge >= 0.3 is 0 Å². The summed E-state index contributed by atoms with van der Waals surface area (Å²) in [5.74, 6) is 1.35. The molecule has 0 unspecified atom stereocenters. The zero-order valence-corrected chi connectivity index (χ0v) is 14.9. The highest BCUT2D eigenvalue weighted by molar-refractivity contribution is 5.94. The number of carbonyl (C=O) groups excluding carboxylic acids is 2. The summed E-state index contributed by atoms with van der Waals surface area (Å²) in [6, 6.07) is 14.1. The molecule has 0 fully saturated rings. The summed E-state index contributed by atoms with van der Waals surface area (Å²) >= 11 is 0. The zero-order valence-electron chi connectivity index (χ0n) is 14.9. The number of ether oxygens (including phenoxy) is 2. The molecule has 0 radical (unpaired) electrons. The summed E-state index contributed by atoms with van der Waals surface area (Å²) in [6.07, 6.45) is 0.953. The van der Waals surface area contributed by atoms with Crippen molar-refractivity contribution in [3.05, 3.63) is 54.1 Å². The van der Waals surface area contributed by atoms with Gasteiger partial charge in [0.15, 0.2) is 5.78 Å². The van der Waals surface area contributed by atoms with Crippen LogP contribution < -0.4 is 20.5 Å². The van der Waals surface area contributed by atoms with Crippen molar-refractivity contribution in [3.63, 3.8) is 0 Å². The minimum atomic E-state index is -0.0730. The average molecular weight is 356 g/mol. The molecule has 0 bridgehead atoms. The van der Waals surface area contributed by atoms with Crippen LogP contribution in [-0.2, 0) is 4.79 Å². The fourth-order valence-corrected chi connectivity index (χ4v) is 2.24. The molecule has 0 aliphatic rings. The molecule has 2 rings (SSSR count). The Morgan fingerprint density at radius 3 is 2.08 bits per heavy atom. The maximum absolute atomic E-state index is 11.9. The van der Waals surface area contributed by atoms with Crippen molar-refractivity contribution >= 4 is 17.4 Å². The van der Waals surface area contributed by atoms with Crippen LogP contribution in [0.25, 0.3) is 0 Å². The van der Waals surface area contributed by atoms with Crippen molar-refractivity contribution < 1.29 is 19.1 Å². The fourth-order valence-electron chi connectivity index (χ4n) is 2.24. The van der Waals surface area contributed by atoms with Crippen LogP contribution in [0.15, 0.2) is 48.5 Å². The van der Waals surface area contributed by atoms with E-state index in [0.29, 0.717) is 43.9 Å². The van der Waals surface area contributed by atoms with Gasteiger partial charge in [0.2, 0.25) is 5.91 Å². The lowest BCUT2D eigenvalue weighted by atomic mass is 10.1. The van der Waals surface area contributed by atoms with Crippen molar-refractivity contribution in [3.8, 4) is 11.5 Å². The Kier molecular flexibility index (Phi) is 7.64. The average Bonchev–Trinajstić information content (AvgIpc) is 2.65. The standard InChI is InChI=1S/C20H24N2O4/c1-15(23)16-4-8-18(9-5-16)25-13-2-3-20(24)22-17-6-10-19(11-7-17)26-14-12-21/h4-11H,2-3,12-14,21H2,1H3,(H,22,24). The number of hydrogen-bond acceptors (Lipinski definition) is 5. The first kappa shape index (κ1) is 19.5. The fraction of sp³-hybridized carbons (Fsp3) is 0.300. The van der Waals surface area contributed by atoms with E-state index < -0.39 is 0 Å². The Hall–Kier alpha value is -2.86. The molecule has 0 spiro atoms. The molecule has 0 saturated carbocycles. The van der Waals surface area contributed by atoms with Gasteiger partial charge in [-0.25, -0.2) is 0 Å². The molecule has 3 N–H and O–H groups in total. The van der Waals surface area contributed by atoms with Gasteiger partial charge in [-0.2, -0.15) is 0 Å². The predicted molar refractivity (Wildman–Crippen MR) is 101 cm³/mol. The first-order valence-electron chi connectivity index (χ1n) is 8.55. The van der Waals surface area contributed by atoms with Crippen LogP contribution in [0.1, 0.15) is 30.1 Å². The Morgan fingerprint density at radius 1 is 0.923 bits per heavy atom. The van der Waals surface area contributed by atoms with Crippen molar-refractivity contribution in [2.45, 2.75) is 19.8 Å². The van der Waals surface area contributed by atoms with Crippen LogP contribution in [0.3, 0.4) is 0 Å². The monoisotopic (exact) mass is 356 g/mol. The van der Waals surface area contributed by atoms with Crippen molar-refractivity contribution in [2.24, 2.45) is 5.73 Å². The molecule has 2 aromatic carbocycles. The van der Waals surface area contributed by atoms with E-state index >= 15 is 0 Å². The van der Waals surface area contributed by atoms with Crippen LogP contribution >= 0.6 is 0 Å². The molecular formula is C20H24N2O4. The Balaban J connectivity index is 1.67. The number of rotatable bonds is 10. The molecule has 6 nitrogen and oxygen atoms in total. The Morgan fingerprint density at radius 2 is 1.50 bits per heavy atom. The molecule has 1 amide bonds. The Bertz CT molecular complexity index is 712. The molecule has 2 aromatic rings. The number of anilines is 1. The maximum atomic E-state index is 11.9. The summed E-state index contributed by atoms with van der Waals surface area (Å²) in [7, 11) is 0. The maximum Gasteiger partial charge on any atom is 0.224 e. The first-order chi connectivity index (χ1) is 12.6. The smallest absolute Gasteiger partial charge is 0.224 e. The second-order valence-corrected chi connectivity index (χ2v) is 5.74. The molecular weight excluding hydrogens is 332 g/mol. The van der Waals surface area contributed by atoms with E-state index in [4.69, 9.17) is 15.2 Å². The van der Waals surface area contributed by atoms with Crippen molar-refractivity contribution in [1.82, 2.24) is 0 Å². The number of hydrogen-bond donors (Lipinski definition) is 2. The lowest BCUT2D eigenvalue weighted by Gasteiger charge is -2.09. The second-order valence-electron chi connectivity index (χ2n) is 5.74. The van der Waals surface area contributed by atoms with Gasteiger partial charge in [0.1, 0.15) is 18.1 Å². The van der Waals surface area contributed by atoms with Crippen LogP contribution in [0, 0.1) is 0 Å². The van der Waals surface area contributed by atoms with E-state index in [1.54, 1.807) is 48.5 Å². The van der Waals surface area contributed by atoms with E-state index in [-0.39, 0.29) is 11.7 Å². The first-order valence-corrected chi connectivity index (χ1v) is 8.55. The number of Topliss-reactive ketones (excluding diaryl/α,β-unsaturated/α-hetero) is 1. The van der Waals surface area contributed by atoms with Crippen molar-refractivity contribution in [2.75, 3.05) is 25.1 Å². The molecule has 6 heteroatoms. The van der Waals surface area contributed by atoms with Crippen LogP contribution in [-0.4, -0.2) is 31.4 Å². The molecule has 0 aromatic heterocycles. The van der Waals surface area contributed by atoms with E-state index in [0.717, 1.165) is 11.4 Å². The van der Waals surface area contributed by atoms with Gasteiger partial charge in [-0.1, -0.05) is 0 Å². The van der Waals surface area contributed by atoms with Crippen molar-refractivity contribution in [1.29, 1.82) is 0 Å². The van der Waals surface area contributed by atoms with Gasteiger partial charge in [0, 0.05) is 24.2 Å².